The number of rotatable bonds is 1. The minimum absolute atomic E-state index is 0.323. The average molecular weight is 184 g/mol. The monoisotopic (exact) mass is 184 g/mol. The van der Waals surface area contributed by atoms with Crippen LogP contribution < -0.4 is 10.6 Å². The fourth-order valence-electron chi connectivity index (χ4n) is 1.53. The Morgan fingerprint density at radius 3 is 2.54 bits per heavy atom. The third kappa shape index (κ3) is 1.24. The number of hydrogen-bond acceptors (Lipinski definition) is 4. The van der Waals surface area contributed by atoms with Crippen molar-refractivity contribution in [3.05, 3.63) is 0 Å². The zero-order valence-corrected chi connectivity index (χ0v) is 6.70. The molecule has 2 saturated heterocycles. The SMILES string of the molecule is O=C1NC(=O)[C@@H]([C@@H]2CCOC2=O)N1. The van der Waals surface area contributed by atoms with E-state index in [9.17, 15) is 14.4 Å². The highest BCUT2D eigenvalue weighted by Gasteiger charge is 2.43. The smallest absolute Gasteiger partial charge is 0.322 e. The number of urea groups is 1. The zero-order valence-electron chi connectivity index (χ0n) is 6.70. The summed E-state index contributed by atoms with van der Waals surface area (Å²) in [6, 6.07) is -1.29. The molecule has 2 heterocycles. The normalized spacial score (nSPS) is 32.8. The summed E-state index contributed by atoms with van der Waals surface area (Å²) < 4.78 is 4.69. The molecule has 0 spiro atoms. The summed E-state index contributed by atoms with van der Waals surface area (Å²) in [5.41, 5.74) is 0. The number of nitrogens with one attached hydrogen (secondary N) is 2. The molecule has 0 radical (unpaired) electrons. The highest BCUT2D eigenvalue weighted by atomic mass is 16.5. The van der Waals surface area contributed by atoms with Crippen molar-refractivity contribution >= 4 is 17.9 Å². The van der Waals surface area contributed by atoms with E-state index in [0.29, 0.717) is 13.0 Å². The van der Waals surface area contributed by atoms with Crippen LogP contribution in [0.5, 0.6) is 0 Å². The molecule has 2 atom stereocenters. The number of esters is 1. The molecule has 6 heteroatoms. The predicted molar refractivity (Wildman–Crippen MR) is 39.5 cm³/mol. The van der Waals surface area contributed by atoms with Crippen LogP contribution in [0.25, 0.3) is 0 Å². The van der Waals surface area contributed by atoms with Crippen LogP contribution in [0.1, 0.15) is 6.42 Å². The summed E-state index contributed by atoms with van der Waals surface area (Å²) in [6.45, 7) is 0.323. The zero-order chi connectivity index (χ0) is 9.42. The largest absolute Gasteiger partial charge is 0.465 e. The lowest BCUT2D eigenvalue weighted by atomic mass is 9.99. The third-order valence-corrected chi connectivity index (χ3v) is 2.18. The van der Waals surface area contributed by atoms with E-state index in [2.05, 4.69) is 10.6 Å². The van der Waals surface area contributed by atoms with Gasteiger partial charge in [-0.2, -0.15) is 0 Å². The van der Waals surface area contributed by atoms with E-state index in [1.165, 1.54) is 0 Å². The van der Waals surface area contributed by atoms with Crippen LogP contribution in [0.3, 0.4) is 0 Å². The number of carbonyl (C=O) groups is 3. The molecule has 13 heavy (non-hydrogen) atoms. The molecule has 0 bridgehead atoms. The van der Waals surface area contributed by atoms with Gasteiger partial charge in [-0.15, -0.1) is 0 Å². The standard InChI is InChI=1S/C7H8N2O4/c10-5-4(8-7(12)9-5)3-1-2-13-6(3)11/h3-4H,1-2H2,(H2,8,9,10,12)/t3-,4+/m0/s1. The highest BCUT2D eigenvalue weighted by Crippen LogP contribution is 2.20. The fraction of sp³-hybridized carbons (Fsp3) is 0.571. The number of cyclic esters (lactones) is 1. The molecular weight excluding hydrogens is 176 g/mol. The quantitative estimate of drug-likeness (QED) is 0.394. The second kappa shape index (κ2) is 2.72. The van der Waals surface area contributed by atoms with Crippen LogP contribution in [0, 0.1) is 5.92 Å². The predicted octanol–water partition coefficient (Wildman–Crippen LogP) is -1.24. The Hall–Kier alpha value is -1.59. The lowest BCUT2D eigenvalue weighted by Crippen LogP contribution is -2.39. The first-order chi connectivity index (χ1) is 6.18. The molecule has 0 saturated carbocycles. The molecule has 0 aromatic carbocycles. The molecule has 6 nitrogen and oxygen atoms in total. The van der Waals surface area contributed by atoms with Crippen molar-refractivity contribution in [1.29, 1.82) is 0 Å². The molecule has 0 aromatic rings. The van der Waals surface area contributed by atoms with E-state index in [1.807, 2.05) is 0 Å². The maximum absolute atomic E-state index is 11.1. The molecule has 0 unspecified atom stereocenters. The Labute approximate surface area is 73.6 Å². The number of ether oxygens (including phenoxy) is 1. The molecular formula is C7H8N2O4. The summed E-state index contributed by atoms with van der Waals surface area (Å²) in [7, 11) is 0. The highest BCUT2D eigenvalue weighted by molar-refractivity contribution is 6.06. The van der Waals surface area contributed by atoms with Crippen molar-refractivity contribution in [2.75, 3.05) is 6.61 Å². The van der Waals surface area contributed by atoms with Gasteiger partial charge in [-0.25, -0.2) is 4.79 Å². The van der Waals surface area contributed by atoms with Crippen molar-refractivity contribution in [3.63, 3.8) is 0 Å². The van der Waals surface area contributed by atoms with Crippen molar-refractivity contribution in [3.8, 4) is 0 Å². The van der Waals surface area contributed by atoms with Gasteiger partial charge in [0.25, 0.3) is 5.91 Å². The second-order valence-corrected chi connectivity index (χ2v) is 3.00. The lowest BCUT2D eigenvalue weighted by molar-refractivity contribution is -0.143. The minimum Gasteiger partial charge on any atom is -0.465 e. The first kappa shape index (κ1) is 8.03. The van der Waals surface area contributed by atoms with E-state index in [1.54, 1.807) is 0 Å². The molecule has 0 aromatic heterocycles. The Bertz CT molecular complexity index is 288. The van der Waals surface area contributed by atoms with Crippen molar-refractivity contribution in [1.82, 2.24) is 10.6 Å². The van der Waals surface area contributed by atoms with Gasteiger partial charge in [0.15, 0.2) is 0 Å². The third-order valence-electron chi connectivity index (χ3n) is 2.18. The van der Waals surface area contributed by atoms with E-state index in [4.69, 9.17) is 4.74 Å². The number of imide groups is 1. The van der Waals surface area contributed by atoms with Crippen LogP contribution in [0.15, 0.2) is 0 Å². The lowest BCUT2D eigenvalue weighted by Gasteiger charge is -2.10. The number of amides is 3. The molecule has 2 aliphatic heterocycles. The van der Waals surface area contributed by atoms with E-state index in [0.717, 1.165) is 0 Å². The maximum atomic E-state index is 11.1. The van der Waals surface area contributed by atoms with Crippen molar-refractivity contribution in [2.24, 2.45) is 5.92 Å². The van der Waals surface area contributed by atoms with Gasteiger partial charge in [-0.3, -0.25) is 14.9 Å². The van der Waals surface area contributed by atoms with Gasteiger partial charge in [-0.05, 0) is 6.42 Å². The minimum atomic E-state index is -0.748. The first-order valence-corrected chi connectivity index (χ1v) is 3.96. The van der Waals surface area contributed by atoms with Crippen LogP contribution >= 0.6 is 0 Å². The summed E-state index contributed by atoms with van der Waals surface area (Å²) in [6.07, 6.45) is 0.483. The van der Waals surface area contributed by atoms with E-state index in [-0.39, 0.29) is 0 Å². The van der Waals surface area contributed by atoms with Gasteiger partial charge < -0.3 is 10.1 Å². The van der Waals surface area contributed by atoms with Gasteiger partial charge in [-0.1, -0.05) is 0 Å². The summed E-state index contributed by atoms with van der Waals surface area (Å²) in [4.78, 5) is 32.9. The second-order valence-electron chi connectivity index (χ2n) is 3.00. The van der Waals surface area contributed by atoms with Gasteiger partial charge in [0.05, 0.1) is 12.5 Å². The topological polar surface area (TPSA) is 84.5 Å². The molecule has 2 fully saturated rings. The summed E-state index contributed by atoms with van der Waals surface area (Å²) in [5.74, 6) is -1.39. The van der Waals surface area contributed by atoms with Gasteiger partial charge in [0.1, 0.15) is 6.04 Å². The Morgan fingerprint density at radius 1 is 1.31 bits per heavy atom. The van der Waals surface area contributed by atoms with Gasteiger partial charge in [0, 0.05) is 0 Å². The Balaban J connectivity index is 2.12. The van der Waals surface area contributed by atoms with Crippen LogP contribution in [0.2, 0.25) is 0 Å². The summed E-state index contributed by atoms with van der Waals surface area (Å²) >= 11 is 0. The average Bonchev–Trinajstić information content (AvgIpc) is 2.58. The first-order valence-electron chi connectivity index (χ1n) is 3.96. The van der Waals surface area contributed by atoms with Crippen molar-refractivity contribution in [2.45, 2.75) is 12.5 Å². The molecule has 2 N–H and O–H groups in total. The van der Waals surface area contributed by atoms with Gasteiger partial charge in [0.2, 0.25) is 0 Å². The maximum Gasteiger partial charge on any atom is 0.322 e. The fourth-order valence-corrected chi connectivity index (χ4v) is 1.53. The molecule has 2 aliphatic rings. The van der Waals surface area contributed by atoms with Crippen LogP contribution in [-0.2, 0) is 14.3 Å². The summed E-state index contributed by atoms with van der Waals surface area (Å²) in [5, 5.41) is 4.44. The van der Waals surface area contributed by atoms with Crippen molar-refractivity contribution < 1.29 is 19.1 Å². The Kier molecular flexibility index (Phi) is 1.68. The van der Waals surface area contributed by atoms with E-state index >= 15 is 0 Å². The van der Waals surface area contributed by atoms with E-state index < -0.39 is 29.9 Å². The molecule has 0 aliphatic carbocycles. The van der Waals surface area contributed by atoms with Crippen LogP contribution in [0.4, 0.5) is 4.79 Å². The molecule has 2 rings (SSSR count). The Morgan fingerprint density at radius 2 is 2.08 bits per heavy atom. The van der Waals surface area contributed by atoms with Crippen LogP contribution in [-0.4, -0.2) is 30.6 Å². The number of hydrogen-bond donors (Lipinski definition) is 2. The number of carbonyl (C=O) groups excluding carboxylic acids is 3. The van der Waals surface area contributed by atoms with Gasteiger partial charge >= 0.3 is 12.0 Å². The molecule has 3 amide bonds. The molecule has 70 valence electrons.